The van der Waals surface area contributed by atoms with Crippen molar-refractivity contribution in [3.63, 3.8) is 0 Å². The molecule has 3 heterocycles. The molecule has 8 aromatic rings. The predicted octanol–water partition coefficient (Wildman–Crippen LogP) is 15.9. The van der Waals surface area contributed by atoms with E-state index in [4.69, 9.17) is 4.98 Å². The summed E-state index contributed by atoms with van der Waals surface area (Å²) in [6, 6.07) is 51.8. The minimum Gasteiger partial charge on any atom is -0.321 e. The molecule has 0 spiro atoms. The van der Waals surface area contributed by atoms with Crippen LogP contribution in [0.5, 0.6) is 0 Å². The van der Waals surface area contributed by atoms with E-state index in [-0.39, 0.29) is 27.4 Å². The molecule has 6 aromatic carbocycles. The van der Waals surface area contributed by atoms with Gasteiger partial charge in [-0.1, -0.05) is 133 Å². The third-order valence-electron chi connectivity index (χ3n) is 16.4. The second-order valence-electron chi connectivity index (χ2n) is 22.4. The van der Waals surface area contributed by atoms with E-state index in [1.165, 1.54) is 48.8 Å². The van der Waals surface area contributed by atoms with E-state index >= 15 is 8.78 Å². The van der Waals surface area contributed by atoms with Gasteiger partial charge in [0.15, 0.2) is 0 Å². The van der Waals surface area contributed by atoms with E-state index in [0.717, 1.165) is 67.8 Å². The zero-order valence-corrected chi connectivity index (χ0v) is 39.6. The minimum absolute atomic E-state index is 0.0187. The smallest absolute Gasteiger partial charge is 0.298 e. The van der Waals surface area contributed by atoms with Gasteiger partial charge in [-0.15, -0.1) is 0 Å². The molecule has 0 atom stereocenters. The molecule has 6 heteroatoms. The monoisotopic (exact) mass is 886 g/mol. The number of para-hydroxylation sites is 4. The van der Waals surface area contributed by atoms with Gasteiger partial charge in [-0.05, 0) is 150 Å². The Morgan fingerprint density at radius 3 is 1.82 bits per heavy atom. The summed E-state index contributed by atoms with van der Waals surface area (Å²) < 4.78 is 38.0. The van der Waals surface area contributed by atoms with Crippen LogP contribution in [-0.2, 0) is 22.2 Å². The van der Waals surface area contributed by atoms with E-state index < -0.39 is 5.92 Å². The molecule has 0 unspecified atom stereocenters. The van der Waals surface area contributed by atoms with E-state index in [1.54, 1.807) is 24.3 Å². The first-order chi connectivity index (χ1) is 32.2. The summed E-state index contributed by atoms with van der Waals surface area (Å²) in [7, 11) is 0. The molecule has 5 aliphatic rings. The van der Waals surface area contributed by atoms with Gasteiger partial charge >= 0.3 is 0 Å². The number of benzene rings is 6. The molecule has 4 nitrogen and oxygen atoms in total. The molecular formula is C61H60F2N4. The number of fused-ring (bicyclic) bond motifs is 4. The standard InChI is InChI=1S/C61H60F2N4/c1-58(2,3)44-33-47(35-48(34-44)65-38-66(55-23-15-14-22-54(55)65)53-21-13-11-19-51(53)59(4,5)6)61(62,63)43-24-25-50-49-18-10-12-20-52(49)67(56(50)36-43)57-37-42(26-27-64-57)60(41-16-8-7-9-17-41)45-29-39-28-40(31-45)32-46(60)30-39/h7-27,33-37,39-40,45-46H,28-32,38H2,1-6H3. The van der Waals surface area contributed by atoms with Crippen LogP contribution in [0.25, 0.3) is 27.6 Å². The third-order valence-corrected chi connectivity index (χ3v) is 16.4. The van der Waals surface area contributed by atoms with Crippen molar-refractivity contribution in [1.29, 1.82) is 0 Å². The zero-order valence-electron chi connectivity index (χ0n) is 39.6. The minimum atomic E-state index is -3.32. The lowest BCUT2D eigenvalue weighted by atomic mass is 9.42. The number of rotatable bonds is 7. The van der Waals surface area contributed by atoms with Crippen LogP contribution in [0, 0.1) is 23.7 Å². The van der Waals surface area contributed by atoms with Crippen LogP contribution in [0.15, 0.2) is 158 Å². The Kier molecular flexibility index (Phi) is 9.50. The summed E-state index contributed by atoms with van der Waals surface area (Å²) in [5.41, 5.74) is 9.78. The lowest BCUT2D eigenvalue weighted by Gasteiger charge is -2.62. The average molecular weight is 887 g/mol. The quantitative estimate of drug-likeness (QED) is 0.159. The Morgan fingerprint density at radius 2 is 1.12 bits per heavy atom. The highest BCUT2D eigenvalue weighted by Gasteiger charge is 2.58. The summed E-state index contributed by atoms with van der Waals surface area (Å²) >= 11 is 0. The normalized spacial score (nSPS) is 22.6. The topological polar surface area (TPSA) is 24.3 Å². The molecule has 0 amide bonds. The number of hydrogen-bond donors (Lipinski definition) is 0. The van der Waals surface area contributed by atoms with Crippen LogP contribution in [0.1, 0.15) is 107 Å². The Bertz CT molecular complexity index is 3180. The molecule has 0 N–H and O–H groups in total. The van der Waals surface area contributed by atoms with Gasteiger partial charge in [0.05, 0.1) is 22.4 Å². The molecule has 4 fully saturated rings. The number of alkyl halides is 2. The fourth-order valence-corrected chi connectivity index (χ4v) is 13.5. The van der Waals surface area contributed by atoms with Crippen LogP contribution in [0.3, 0.4) is 0 Å². The summed E-state index contributed by atoms with van der Waals surface area (Å²) in [5, 5.41) is 1.96. The molecule has 1 aliphatic heterocycles. The van der Waals surface area contributed by atoms with E-state index in [9.17, 15) is 0 Å². The SMILES string of the molecule is CC(C)(C)c1cc(N2CN(c3ccccc3C(C)(C)C)c3ccccc32)cc(C(F)(F)c2ccc3c4ccccc4n(-c4cc(C5(c6ccccc6)C6CC7CC(C6)CC5C7)ccn4)c3c2)c1. The van der Waals surface area contributed by atoms with Crippen molar-refractivity contribution < 1.29 is 8.78 Å². The first kappa shape index (κ1) is 42.1. The first-order valence-corrected chi connectivity index (χ1v) is 24.5. The summed E-state index contributed by atoms with van der Waals surface area (Å²) in [4.78, 5) is 9.63. The first-order valence-electron chi connectivity index (χ1n) is 24.5. The highest BCUT2D eigenvalue weighted by molar-refractivity contribution is 6.09. The van der Waals surface area contributed by atoms with Gasteiger partial charge < -0.3 is 9.80 Å². The molecule has 0 radical (unpaired) electrons. The number of hydrogen-bond acceptors (Lipinski definition) is 3. The van der Waals surface area contributed by atoms with Gasteiger partial charge in [-0.25, -0.2) is 4.98 Å². The van der Waals surface area contributed by atoms with Crippen molar-refractivity contribution in [2.45, 2.75) is 95.8 Å². The van der Waals surface area contributed by atoms with Gasteiger partial charge in [0.25, 0.3) is 5.92 Å². The number of anilines is 4. The van der Waals surface area contributed by atoms with Crippen LogP contribution in [0.4, 0.5) is 31.5 Å². The van der Waals surface area contributed by atoms with Crippen molar-refractivity contribution in [2.75, 3.05) is 16.5 Å². The molecule has 4 bridgehead atoms. The molecule has 4 saturated carbocycles. The maximum Gasteiger partial charge on any atom is 0.298 e. The molecular weight excluding hydrogens is 827 g/mol. The van der Waals surface area contributed by atoms with Crippen LogP contribution in [-0.4, -0.2) is 16.2 Å². The molecule has 0 saturated heterocycles. The number of aromatic nitrogens is 2. The van der Waals surface area contributed by atoms with Gasteiger partial charge in [0.1, 0.15) is 12.5 Å². The summed E-state index contributed by atoms with van der Waals surface area (Å²) in [6.45, 7) is 13.5. The molecule has 67 heavy (non-hydrogen) atoms. The number of nitrogens with zero attached hydrogens (tertiary/aromatic N) is 4. The molecule has 13 rings (SSSR count). The lowest BCUT2D eigenvalue weighted by Crippen LogP contribution is -2.56. The van der Waals surface area contributed by atoms with Crippen LogP contribution >= 0.6 is 0 Å². The van der Waals surface area contributed by atoms with Crippen molar-refractivity contribution in [3.05, 3.63) is 191 Å². The maximum absolute atomic E-state index is 17.9. The third kappa shape index (κ3) is 6.60. The predicted molar refractivity (Wildman–Crippen MR) is 272 cm³/mol. The number of pyridine rings is 1. The fourth-order valence-electron chi connectivity index (χ4n) is 13.5. The summed E-state index contributed by atoms with van der Waals surface area (Å²) in [5.74, 6) is 0.210. The van der Waals surface area contributed by atoms with E-state index in [2.05, 4.69) is 159 Å². The van der Waals surface area contributed by atoms with Crippen LogP contribution in [0.2, 0.25) is 0 Å². The highest BCUT2D eigenvalue weighted by atomic mass is 19.3. The average Bonchev–Trinajstić information content (AvgIpc) is 3.87. The van der Waals surface area contributed by atoms with E-state index in [1.807, 2.05) is 30.5 Å². The highest BCUT2D eigenvalue weighted by Crippen LogP contribution is 2.65. The van der Waals surface area contributed by atoms with Gasteiger partial charge in [0.2, 0.25) is 0 Å². The van der Waals surface area contributed by atoms with E-state index in [0.29, 0.717) is 18.5 Å². The van der Waals surface area contributed by atoms with Crippen molar-refractivity contribution in [1.82, 2.24) is 9.55 Å². The van der Waals surface area contributed by atoms with Gasteiger partial charge in [-0.2, -0.15) is 8.78 Å². The van der Waals surface area contributed by atoms with Crippen LogP contribution < -0.4 is 9.80 Å². The zero-order chi connectivity index (χ0) is 46.0. The Hall–Kier alpha value is -6.27. The molecule has 2 aromatic heterocycles. The van der Waals surface area contributed by atoms with Crippen molar-refractivity contribution >= 4 is 44.6 Å². The maximum atomic E-state index is 17.9. The molecule has 338 valence electrons. The Morgan fingerprint density at radius 1 is 0.507 bits per heavy atom. The summed E-state index contributed by atoms with van der Waals surface area (Å²) in [6.07, 6.45) is 8.40. The van der Waals surface area contributed by atoms with Gasteiger partial charge in [0, 0.05) is 44.9 Å². The Balaban J connectivity index is 0.986. The second-order valence-corrected chi connectivity index (χ2v) is 22.4. The molecule has 4 aliphatic carbocycles. The largest absolute Gasteiger partial charge is 0.321 e. The second kappa shape index (κ2) is 15.1. The van der Waals surface area contributed by atoms with Gasteiger partial charge in [-0.3, -0.25) is 4.57 Å². The Labute approximate surface area is 394 Å². The lowest BCUT2D eigenvalue weighted by molar-refractivity contribution is -0.0418. The van der Waals surface area contributed by atoms with Crippen molar-refractivity contribution in [2.24, 2.45) is 23.7 Å². The van der Waals surface area contributed by atoms with Crippen molar-refractivity contribution in [3.8, 4) is 5.82 Å². The fraction of sp³-hybridized carbons (Fsp3) is 0.328. The number of halogens is 2.